The molecular weight excluding hydrogens is 328 g/mol. The first-order chi connectivity index (χ1) is 10.3. The molecule has 0 aromatic heterocycles. The highest BCUT2D eigenvalue weighted by molar-refractivity contribution is 8.14. The van der Waals surface area contributed by atoms with Crippen molar-refractivity contribution < 1.29 is 17.9 Å². The van der Waals surface area contributed by atoms with Crippen molar-refractivity contribution in [2.24, 2.45) is 10.1 Å². The number of rotatable bonds is 6. The number of sulfonamides is 1. The molecule has 0 radical (unpaired) electrons. The van der Waals surface area contributed by atoms with Crippen LogP contribution in [-0.4, -0.2) is 38.6 Å². The van der Waals surface area contributed by atoms with Gasteiger partial charge in [0.2, 0.25) is 0 Å². The zero-order valence-electron chi connectivity index (χ0n) is 12.0. The number of carbonyl (C=O) groups excluding carboxylic acids is 1. The minimum Gasteiger partial charge on any atom is -0.450 e. The topological polar surface area (TPSA) is 137 Å². The predicted molar refractivity (Wildman–Crippen MR) is 87.1 cm³/mol. The molecule has 0 bridgehead atoms. The molecule has 0 aliphatic rings. The number of thioether (sulfide) groups is 1. The number of amidine groups is 1. The van der Waals surface area contributed by atoms with Crippen molar-refractivity contribution in [3.63, 3.8) is 0 Å². The van der Waals surface area contributed by atoms with Gasteiger partial charge in [-0.1, -0.05) is 11.8 Å². The van der Waals surface area contributed by atoms with Gasteiger partial charge < -0.3 is 21.5 Å². The van der Waals surface area contributed by atoms with E-state index in [0.717, 1.165) is 11.8 Å². The van der Waals surface area contributed by atoms with Gasteiger partial charge in [-0.2, -0.15) is 8.42 Å². The molecule has 0 fully saturated rings. The molecule has 0 aliphatic carbocycles. The number of ether oxygens (including phenoxy) is 1. The number of nitrogens with one attached hydrogen (secondary N) is 1. The molecule has 1 rings (SSSR count). The third-order valence-electron chi connectivity index (χ3n) is 2.28. The van der Waals surface area contributed by atoms with Gasteiger partial charge in [0.1, 0.15) is 0 Å². The second-order valence-corrected chi connectivity index (χ2v) is 6.69. The number of carbonyl (C=O) groups is 1. The molecule has 122 valence electrons. The van der Waals surface area contributed by atoms with Gasteiger partial charge in [-0.05, 0) is 31.2 Å². The van der Waals surface area contributed by atoms with Crippen molar-refractivity contribution in [2.45, 2.75) is 11.8 Å². The highest BCUT2D eigenvalue weighted by Gasteiger charge is 2.13. The zero-order chi connectivity index (χ0) is 16.6. The van der Waals surface area contributed by atoms with Crippen molar-refractivity contribution >= 4 is 38.7 Å². The summed E-state index contributed by atoms with van der Waals surface area (Å²) < 4.78 is 32.1. The summed E-state index contributed by atoms with van der Waals surface area (Å²) in [6, 6.07) is 5.65. The molecule has 0 atom stereocenters. The van der Waals surface area contributed by atoms with Crippen molar-refractivity contribution in [3.8, 4) is 0 Å². The Morgan fingerprint density at radius 2 is 2.00 bits per heavy atom. The smallest absolute Gasteiger partial charge is 0.407 e. The van der Waals surface area contributed by atoms with Crippen LogP contribution in [0.15, 0.2) is 33.6 Å². The second-order valence-electron chi connectivity index (χ2n) is 3.97. The molecule has 5 N–H and O–H groups in total. The van der Waals surface area contributed by atoms with Crippen LogP contribution in [0, 0.1) is 0 Å². The molecule has 0 spiro atoms. The van der Waals surface area contributed by atoms with Gasteiger partial charge in [0.15, 0.2) is 5.17 Å². The lowest BCUT2D eigenvalue weighted by atomic mass is 10.3. The standard InChI is InChI=1S/C12H18N4O4S2/c1-2-20-12(17)15-7-8-21-11(14)16-22(18,19)10-5-3-9(13)4-6-10/h3-6H,2,7-8,13H2,1H3,(H2,14,16)(H,15,17). The van der Waals surface area contributed by atoms with Crippen molar-refractivity contribution in [1.82, 2.24) is 5.32 Å². The molecule has 0 saturated carbocycles. The second kappa shape index (κ2) is 8.49. The Hall–Kier alpha value is -1.94. The molecule has 10 heteroatoms. The van der Waals surface area contributed by atoms with Crippen LogP contribution in [0.25, 0.3) is 0 Å². The lowest BCUT2D eigenvalue weighted by Crippen LogP contribution is -2.27. The van der Waals surface area contributed by atoms with Gasteiger partial charge in [-0.25, -0.2) is 4.79 Å². The Morgan fingerprint density at radius 1 is 1.36 bits per heavy atom. The van der Waals surface area contributed by atoms with E-state index in [2.05, 4.69) is 14.5 Å². The van der Waals surface area contributed by atoms with Crippen molar-refractivity contribution in [3.05, 3.63) is 24.3 Å². The Morgan fingerprint density at radius 3 is 2.59 bits per heavy atom. The number of alkyl carbamates (subject to hydrolysis) is 1. The zero-order valence-corrected chi connectivity index (χ0v) is 13.6. The molecule has 0 heterocycles. The van der Waals surface area contributed by atoms with Crippen LogP contribution < -0.4 is 16.8 Å². The van der Waals surface area contributed by atoms with E-state index < -0.39 is 16.1 Å². The maximum atomic E-state index is 12.0. The first-order valence-corrected chi connectivity index (χ1v) is 8.77. The van der Waals surface area contributed by atoms with Crippen LogP contribution in [0.4, 0.5) is 10.5 Å². The Labute approximate surface area is 133 Å². The van der Waals surface area contributed by atoms with Crippen LogP contribution in [0.5, 0.6) is 0 Å². The summed E-state index contributed by atoms with van der Waals surface area (Å²) in [5, 5.41) is 2.37. The van der Waals surface area contributed by atoms with E-state index in [9.17, 15) is 13.2 Å². The van der Waals surface area contributed by atoms with E-state index in [0.29, 0.717) is 11.4 Å². The van der Waals surface area contributed by atoms with Gasteiger partial charge in [0, 0.05) is 18.0 Å². The maximum absolute atomic E-state index is 12.0. The van der Waals surface area contributed by atoms with E-state index in [1.807, 2.05) is 0 Å². The first-order valence-electron chi connectivity index (χ1n) is 6.34. The third-order valence-corrected chi connectivity index (χ3v) is 4.50. The molecule has 22 heavy (non-hydrogen) atoms. The van der Waals surface area contributed by atoms with Crippen molar-refractivity contribution in [1.29, 1.82) is 0 Å². The lowest BCUT2D eigenvalue weighted by molar-refractivity contribution is 0.153. The van der Waals surface area contributed by atoms with Crippen LogP contribution in [0.3, 0.4) is 0 Å². The normalized spacial score (nSPS) is 12.0. The van der Waals surface area contributed by atoms with Gasteiger partial charge in [0.05, 0.1) is 11.5 Å². The van der Waals surface area contributed by atoms with Gasteiger partial charge in [-0.3, -0.25) is 0 Å². The number of hydrogen-bond donors (Lipinski definition) is 3. The van der Waals surface area contributed by atoms with Crippen LogP contribution in [-0.2, 0) is 14.8 Å². The van der Waals surface area contributed by atoms with E-state index in [4.69, 9.17) is 11.5 Å². The summed E-state index contributed by atoms with van der Waals surface area (Å²) in [5.41, 5.74) is 11.5. The summed E-state index contributed by atoms with van der Waals surface area (Å²) in [6.45, 7) is 2.26. The average Bonchev–Trinajstić information content (AvgIpc) is 2.44. The minimum absolute atomic E-state index is 0.00917. The fourth-order valence-corrected chi connectivity index (χ4v) is 3.07. The average molecular weight is 346 g/mol. The molecule has 0 aliphatic heterocycles. The minimum atomic E-state index is -3.86. The first kappa shape index (κ1) is 18.1. The molecule has 1 aromatic rings. The molecule has 8 nitrogen and oxygen atoms in total. The SMILES string of the molecule is CCOC(=O)NCCS/C(N)=N/S(=O)(=O)c1ccc(N)cc1. The monoisotopic (exact) mass is 346 g/mol. The number of hydrogen-bond acceptors (Lipinski definition) is 6. The number of nitrogens with two attached hydrogens (primary N) is 2. The van der Waals surface area contributed by atoms with E-state index in [1.165, 1.54) is 24.3 Å². The fourth-order valence-electron chi connectivity index (χ4n) is 1.33. The Bertz CT molecular complexity index is 629. The molecule has 0 saturated heterocycles. The number of nitrogens with zero attached hydrogens (tertiary/aromatic N) is 1. The van der Waals surface area contributed by atoms with E-state index in [-0.39, 0.29) is 23.2 Å². The predicted octanol–water partition coefficient (Wildman–Crippen LogP) is 0.752. The third kappa shape index (κ3) is 6.22. The quantitative estimate of drug-likeness (QED) is 0.299. The van der Waals surface area contributed by atoms with Gasteiger partial charge in [0.25, 0.3) is 10.0 Å². The van der Waals surface area contributed by atoms with Crippen LogP contribution >= 0.6 is 11.8 Å². The van der Waals surface area contributed by atoms with Crippen molar-refractivity contribution in [2.75, 3.05) is 24.6 Å². The number of amides is 1. The summed E-state index contributed by atoms with van der Waals surface area (Å²) in [5.74, 6) is 0.366. The summed E-state index contributed by atoms with van der Waals surface area (Å²) in [4.78, 5) is 11.0. The Balaban J connectivity index is 2.53. The number of benzene rings is 1. The van der Waals surface area contributed by atoms with E-state index >= 15 is 0 Å². The fraction of sp³-hybridized carbons (Fsp3) is 0.333. The molecule has 1 aromatic carbocycles. The number of anilines is 1. The highest BCUT2D eigenvalue weighted by Crippen LogP contribution is 2.15. The Kier molecular flexibility index (Phi) is 6.99. The molecule has 1 amide bonds. The summed E-state index contributed by atoms with van der Waals surface area (Å²) >= 11 is 1.01. The lowest BCUT2D eigenvalue weighted by Gasteiger charge is -2.05. The van der Waals surface area contributed by atoms with E-state index in [1.54, 1.807) is 6.92 Å². The summed E-state index contributed by atoms with van der Waals surface area (Å²) in [7, 11) is -3.86. The maximum Gasteiger partial charge on any atom is 0.407 e. The molecular formula is C12H18N4O4S2. The van der Waals surface area contributed by atoms with Crippen LogP contribution in [0.2, 0.25) is 0 Å². The number of nitrogen functional groups attached to an aromatic ring is 1. The van der Waals surface area contributed by atoms with Gasteiger partial charge in [-0.15, -0.1) is 4.40 Å². The van der Waals surface area contributed by atoms with Crippen LogP contribution in [0.1, 0.15) is 6.92 Å². The molecule has 0 unspecified atom stereocenters. The largest absolute Gasteiger partial charge is 0.450 e. The van der Waals surface area contributed by atoms with Gasteiger partial charge >= 0.3 is 6.09 Å². The summed E-state index contributed by atoms with van der Waals surface area (Å²) in [6.07, 6.45) is -0.534. The highest BCUT2D eigenvalue weighted by atomic mass is 32.2.